The quantitative estimate of drug-likeness (QED) is 0.750. The first-order valence-electron chi connectivity index (χ1n) is 6.09. The Morgan fingerprint density at radius 2 is 2.24 bits per heavy atom. The predicted octanol–water partition coefficient (Wildman–Crippen LogP) is 2.30. The highest BCUT2D eigenvalue weighted by Gasteiger charge is 2.16. The molecule has 3 atom stereocenters. The highest BCUT2D eigenvalue weighted by Crippen LogP contribution is 2.12. The van der Waals surface area contributed by atoms with Crippen molar-refractivity contribution in [3.63, 3.8) is 0 Å². The van der Waals surface area contributed by atoms with Gasteiger partial charge in [-0.1, -0.05) is 0 Å². The van der Waals surface area contributed by atoms with E-state index in [0.29, 0.717) is 12.1 Å². The second kappa shape index (κ2) is 7.80. The first-order valence-corrected chi connectivity index (χ1v) is 7.38. The van der Waals surface area contributed by atoms with Gasteiger partial charge in [-0.2, -0.15) is 11.8 Å². The van der Waals surface area contributed by atoms with Crippen LogP contribution in [0.1, 0.15) is 26.0 Å². The summed E-state index contributed by atoms with van der Waals surface area (Å²) in [4.78, 5) is 0. The zero-order valence-corrected chi connectivity index (χ0v) is 11.7. The van der Waals surface area contributed by atoms with E-state index in [0.717, 1.165) is 18.6 Å². The molecular formula is C13H23NO2S. The van der Waals surface area contributed by atoms with E-state index in [1.807, 2.05) is 18.4 Å². The Balaban J connectivity index is 2.26. The second-order valence-corrected chi connectivity index (χ2v) is 5.51. The van der Waals surface area contributed by atoms with E-state index in [2.05, 4.69) is 19.2 Å². The summed E-state index contributed by atoms with van der Waals surface area (Å²) >= 11 is 1.70. The zero-order valence-electron chi connectivity index (χ0n) is 10.8. The van der Waals surface area contributed by atoms with Gasteiger partial charge in [0.2, 0.25) is 0 Å². The van der Waals surface area contributed by atoms with E-state index in [1.54, 1.807) is 18.0 Å². The van der Waals surface area contributed by atoms with Crippen molar-refractivity contribution in [1.82, 2.24) is 5.32 Å². The van der Waals surface area contributed by atoms with Crippen LogP contribution in [0.4, 0.5) is 0 Å². The van der Waals surface area contributed by atoms with Gasteiger partial charge in [-0.3, -0.25) is 0 Å². The molecule has 0 spiro atoms. The Kier molecular flexibility index (Phi) is 6.70. The smallest absolute Gasteiger partial charge is 0.103 e. The molecule has 3 nitrogen and oxygen atoms in total. The summed E-state index contributed by atoms with van der Waals surface area (Å²) in [6.07, 6.45) is 5.75. The largest absolute Gasteiger partial charge is 0.469 e. The second-order valence-electron chi connectivity index (χ2n) is 4.43. The molecule has 3 unspecified atom stereocenters. The summed E-state index contributed by atoms with van der Waals surface area (Å²) in [5.41, 5.74) is 0. The van der Waals surface area contributed by atoms with Gasteiger partial charge in [-0.15, -0.1) is 0 Å². The lowest BCUT2D eigenvalue weighted by atomic mass is 10.1. The number of aliphatic hydroxyl groups excluding tert-OH is 1. The van der Waals surface area contributed by atoms with Crippen LogP contribution in [0.2, 0.25) is 0 Å². The van der Waals surface area contributed by atoms with Gasteiger partial charge in [0, 0.05) is 23.8 Å². The van der Waals surface area contributed by atoms with E-state index in [-0.39, 0.29) is 11.9 Å². The van der Waals surface area contributed by atoms with E-state index in [9.17, 15) is 5.11 Å². The minimum absolute atomic E-state index is 0.222. The lowest BCUT2D eigenvalue weighted by Crippen LogP contribution is -2.42. The van der Waals surface area contributed by atoms with Crippen LogP contribution in [-0.2, 0) is 6.42 Å². The SMILES string of the molecule is CSC(CO)C(C)NC(C)CCc1ccco1. The molecule has 98 valence electrons. The van der Waals surface area contributed by atoms with Gasteiger partial charge >= 0.3 is 0 Å². The number of hydrogen-bond acceptors (Lipinski definition) is 4. The predicted molar refractivity (Wildman–Crippen MR) is 73.5 cm³/mol. The van der Waals surface area contributed by atoms with Crippen molar-refractivity contribution in [3.05, 3.63) is 24.2 Å². The third-order valence-corrected chi connectivity index (χ3v) is 4.15. The molecule has 0 radical (unpaired) electrons. The maximum atomic E-state index is 9.21. The summed E-state index contributed by atoms with van der Waals surface area (Å²) in [5, 5.41) is 13.0. The summed E-state index contributed by atoms with van der Waals surface area (Å²) in [6.45, 7) is 4.52. The number of rotatable bonds is 8. The lowest BCUT2D eigenvalue weighted by molar-refractivity contribution is 0.270. The number of aliphatic hydroxyl groups is 1. The van der Waals surface area contributed by atoms with Gasteiger partial charge in [-0.25, -0.2) is 0 Å². The van der Waals surface area contributed by atoms with Crippen LogP contribution < -0.4 is 5.32 Å². The normalized spacial score (nSPS) is 16.7. The van der Waals surface area contributed by atoms with Crippen molar-refractivity contribution in [2.75, 3.05) is 12.9 Å². The van der Waals surface area contributed by atoms with Crippen molar-refractivity contribution in [2.24, 2.45) is 0 Å². The molecule has 0 aliphatic heterocycles. The first-order chi connectivity index (χ1) is 8.17. The third-order valence-electron chi connectivity index (χ3n) is 2.99. The lowest BCUT2D eigenvalue weighted by Gasteiger charge is -2.25. The average molecular weight is 257 g/mol. The molecule has 1 aromatic heterocycles. The summed E-state index contributed by atoms with van der Waals surface area (Å²) in [5.74, 6) is 1.04. The maximum absolute atomic E-state index is 9.21. The number of aryl methyl sites for hydroxylation is 1. The van der Waals surface area contributed by atoms with Gasteiger partial charge in [-0.05, 0) is 38.7 Å². The number of furan rings is 1. The van der Waals surface area contributed by atoms with Crippen LogP contribution in [0, 0.1) is 0 Å². The van der Waals surface area contributed by atoms with Crippen LogP contribution in [-0.4, -0.2) is 35.3 Å². The van der Waals surface area contributed by atoms with E-state index in [4.69, 9.17) is 4.42 Å². The minimum Gasteiger partial charge on any atom is -0.469 e. The molecular weight excluding hydrogens is 234 g/mol. The number of hydrogen-bond donors (Lipinski definition) is 2. The molecule has 1 aromatic rings. The molecule has 17 heavy (non-hydrogen) atoms. The molecule has 0 amide bonds. The molecule has 0 aliphatic carbocycles. The molecule has 0 saturated heterocycles. The van der Waals surface area contributed by atoms with Crippen LogP contribution in [0.25, 0.3) is 0 Å². The molecule has 0 bridgehead atoms. The maximum Gasteiger partial charge on any atom is 0.103 e. The minimum atomic E-state index is 0.222. The first kappa shape index (κ1) is 14.6. The molecule has 4 heteroatoms. The molecule has 1 rings (SSSR count). The van der Waals surface area contributed by atoms with Crippen molar-refractivity contribution in [2.45, 2.75) is 44.0 Å². The monoisotopic (exact) mass is 257 g/mol. The van der Waals surface area contributed by atoms with Gasteiger partial charge in [0.1, 0.15) is 5.76 Å². The molecule has 0 aromatic carbocycles. The van der Waals surface area contributed by atoms with E-state index in [1.165, 1.54) is 0 Å². The van der Waals surface area contributed by atoms with Gasteiger partial charge in [0.15, 0.2) is 0 Å². The Morgan fingerprint density at radius 1 is 1.47 bits per heavy atom. The fourth-order valence-electron chi connectivity index (χ4n) is 1.89. The average Bonchev–Trinajstić information content (AvgIpc) is 2.81. The van der Waals surface area contributed by atoms with E-state index < -0.39 is 0 Å². The van der Waals surface area contributed by atoms with Crippen LogP contribution in [0.3, 0.4) is 0 Å². The number of nitrogens with one attached hydrogen (secondary N) is 1. The summed E-state index contributed by atoms with van der Waals surface area (Å²) < 4.78 is 5.31. The van der Waals surface area contributed by atoms with Gasteiger partial charge in [0.05, 0.1) is 12.9 Å². The summed E-state index contributed by atoms with van der Waals surface area (Å²) in [7, 11) is 0. The molecule has 0 fully saturated rings. The van der Waals surface area contributed by atoms with Gasteiger partial charge < -0.3 is 14.8 Å². The Morgan fingerprint density at radius 3 is 2.76 bits per heavy atom. The Labute approximate surface area is 108 Å². The Hall–Kier alpha value is -0.450. The highest BCUT2D eigenvalue weighted by atomic mass is 32.2. The van der Waals surface area contributed by atoms with Crippen molar-refractivity contribution in [1.29, 1.82) is 0 Å². The van der Waals surface area contributed by atoms with Crippen LogP contribution in [0.15, 0.2) is 22.8 Å². The topological polar surface area (TPSA) is 45.4 Å². The highest BCUT2D eigenvalue weighted by molar-refractivity contribution is 7.99. The van der Waals surface area contributed by atoms with Crippen LogP contribution in [0.5, 0.6) is 0 Å². The standard InChI is InChI=1S/C13H23NO2S/c1-10(6-7-12-5-4-8-16-12)14-11(2)13(9-15)17-3/h4-5,8,10-11,13-15H,6-7,9H2,1-3H3. The summed E-state index contributed by atoms with van der Waals surface area (Å²) in [6, 6.07) is 4.68. The fourth-order valence-corrected chi connectivity index (χ4v) is 2.53. The van der Waals surface area contributed by atoms with Crippen molar-refractivity contribution >= 4 is 11.8 Å². The zero-order chi connectivity index (χ0) is 12.7. The molecule has 0 aliphatic rings. The van der Waals surface area contributed by atoms with Crippen molar-refractivity contribution in [3.8, 4) is 0 Å². The van der Waals surface area contributed by atoms with Gasteiger partial charge in [0.25, 0.3) is 0 Å². The third kappa shape index (κ3) is 5.15. The number of thioether (sulfide) groups is 1. The Bertz CT molecular complexity index is 286. The molecule has 1 heterocycles. The van der Waals surface area contributed by atoms with Crippen molar-refractivity contribution < 1.29 is 9.52 Å². The molecule has 2 N–H and O–H groups in total. The van der Waals surface area contributed by atoms with E-state index >= 15 is 0 Å². The fraction of sp³-hybridized carbons (Fsp3) is 0.692. The van der Waals surface area contributed by atoms with Crippen LogP contribution >= 0.6 is 11.8 Å². The molecule has 0 saturated carbocycles.